The molecule has 0 bridgehead atoms. The topological polar surface area (TPSA) is 168 Å². The fraction of sp³-hybridized carbons (Fsp3) is 0.100. The highest BCUT2D eigenvalue weighted by Crippen LogP contribution is 2.31. The third-order valence-electron chi connectivity index (χ3n) is 11.2. The first kappa shape index (κ1) is 41.3. The molecule has 64 heavy (non-hydrogen) atoms. The smallest absolute Gasteiger partial charge is 0.298 e. The van der Waals surface area contributed by atoms with Crippen LogP contribution in [0.15, 0.2) is 164 Å². The van der Waals surface area contributed by atoms with Gasteiger partial charge in [0.25, 0.3) is 23.4 Å². The van der Waals surface area contributed by atoms with Crippen LogP contribution in [0.5, 0.6) is 0 Å². The van der Waals surface area contributed by atoms with Gasteiger partial charge in [0.1, 0.15) is 11.4 Å². The van der Waals surface area contributed by atoms with E-state index in [1.54, 1.807) is 51.5 Å². The number of Topliss-reactive ketones (excluding diaryl/α,β-unsaturated/α-hetero) is 2. The molecule has 1 fully saturated rings. The van der Waals surface area contributed by atoms with Crippen molar-refractivity contribution in [3.63, 3.8) is 0 Å². The molecule has 2 aliphatic heterocycles. The number of hydrogen-bond acceptors (Lipinski definition) is 8. The van der Waals surface area contributed by atoms with Gasteiger partial charge in [0.05, 0.1) is 17.9 Å². The van der Waals surface area contributed by atoms with Crippen molar-refractivity contribution in [2.45, 2.75) is 6.42 Å². The lowest BCUT2D eigenvalue weighted by molar-refractivity contribution is -0.115. The molecule has 0 atom stereocenters. The molecule has 318 valence electrons. The van der Waals surface area contributed by atoms with E-state index in [9.17, 15) is 32.4 Å². The van der Waals surface area contributed by atoms with Gasteiger partial charge in [-0.15, -0.1) is 0 Å². The number of carbonyl (C=O) groups is 5. The van der Waals surface area contributed by atoms with Crippen LogP contribution in [-0.2, 0) is 30.6 Å². The van der Waals surface area contributed by atoms with Gasteiger partial charge >= 0.3 is 0 Å². The number of sulfone groups is 1. The van der Waals surface area contributed by atoms with Gasteiger partial charge in [0.15, 0.2) is 9.84 Å². The maximum absolute atomic E-state index is 13.3. The van der Waals surface area contributed by atoms with E-state index >= 15 is 0 Å². The third-order valence-corrected chi connectivity index (χ3v) is 12.8. The summed E-state index contributed by atoms with van der Waals surface area (Å²) in [7, 11) is -2.96. The molecule has 1 saturated heterocycles. The number of hydrogen-bond donors (Lipinski definition) is 3. The number of aromatic nitrogens is 2. The molecule has 0 spiro atoms. The van der Waals surface area contributed by atoms with Crippen molar-refractivity contribution in [3.8, 4) is 22.3 Å². The Kier molecular flexibility index (Phi) is 11.2. The predicted molar refractivity (Wildman–Crippen MR) is 248 cm³/mol. The minimum absolute atomic E-state index is 0.0864. The Morgan fingerprint density at radius 3 is 1.56 bits per heavy atom. The summed E-state index contributed by atoms with van der Waals surface area (Å²) in [4.78, 5) is 65.8. The number of fused-ring (bicyclic) bond motifs is 3. The van der Waals surface area contributed by atoms with Crippen molar-refractivity contribution in [1.29, 1.82) is 0 Å². The maximum Gasteiger partial charge on any atom is 0.298 e. The number of nitrogens with zero attached hydrogens (tertiary/aromatic N) is 3. The van der Waals surface area contributed by atoms with Crippen LogP contribution in [0.4, 0.5) is 22.7 Å². The first-order valence-electron chi connectivity index (χ1n) is 20.5. The largest absolute Gasteiger partial charge is 0.369 e. The molecule has 6 heterocycles. The zero-order valence-corrected chi connectivity index (χ0v) is 35.0. The highest BCUT2D eigenvalue weighted by Gasteiger charge is 2.27. The highest BCUT2D eigenvalue weighted by atomic mass is 32.2. The molecule has 0 aliphatic carbocycles. The number of nitrogens with one attached hydrogen (secondary N) is 3. The summed E-state index contributed by atoms with van der Waals surface area (Å²) in [6.07, 6.45) is 3.80. The number of ketones is 2. The average molecular weight is 869 g/mol. The van der Waals surface area contributed by atoms with Gasteiger partial charge in [-0.25, -0.2) is 8.42 Å². The molecule has 4 aromatic heterocycles. The van der Waals surface area contributed by atoms with Gasteiger partial charge in [-0.3, -0.25) is 24.0 Å². The van der Waals surface area contributed by atoms with Crippen molar-refractivity contribution < 1.29 is 32.4 Å². The van der Waals surface area contributed by atoms with Gasteiger partial charge in [0, 0.05) is 70.4 Å². The van der Waals surface area contributed by atoms with Crippen molar-refractivity contribution in [2.24, 2.45) is 0 Å². The summed E-state index contributed by atoms with van der Waals surface area (Å²) in [5.41, 5.74) is 8.76. The van der Waals surface area contributed by atoms with E-state index in [1.807, 2.05) is 126 Å². The Morgan fingerprint density at radius 1 is 0.547 bits per heavy atom. The van der Waals surface area contributed by atoms with Crippen LogP contribution in [0.3, 0.4) is 0 Å². The Balaban J connectivity index is 0.000000163. The Labute approximate surface area is 367 Å². The zero-order valence-electron chi connectivity index (χ0n) is 34.2. The maximum atomic E-state index is 13.3. The lowest BCUT2D eigenvalue weighted by atomic mass is 10.0. The summed E-state index contributed by atoms with van der Waals surface area (Å²) in [5.74, 6) is -2.53. The van der Waals surface area contributed by atoms with Crippen LogP contribution in [0.25, 0.3) is 33.3 Å². The first-order valence-corrected chi connectivity index (χ1v) is 22.3. The molecule has 13 nitrogen and oxygen atoms in total. The minimum Gasteiger partial charge on any atom is -0.369 e. The zero-order chi connectivity index (χ0) is 44.4. The lowest BCUT2D eigenvalue weighted by Crippen LogP contribution is -2.40. The van der Waals surface area contributed by atoms with Crippen LogP contribution < -0.4 is 20.9 Å². The minimum atomic E-state index is -2.96. The molecular formula is C50H40N6O7S. The van der Waals surface area contributed by atoms with Crippen molar-refractivity contribution in [2.75, 3.05) is 45.4 Å². The van der Waals surface area contributed by atoms with Gasteiger partial charge in [-0.05, 0) is 95.6 Å². The quantitative estimate of drug-likeness (QED) is 0.0986. The van der Waals surface area contributed by atoms with E-state index in [0.717, 1.165) is 39.1 Å². The number of pyridine rings is 2. The van der Waals surface area contributed by atoms with Crippen molar-refractivity contribution in [3.05, 3.63) is 181 Å². The fourth-order valence-corrected chi connectivity index (χ4v) is 9.21. The number of amides is 3. The second kappa shape index (κ2) is 17.3. The molecule has 0 saturated carbocycles. The molecule has 0 radical (unpaired) electrons. The summed E-state index contributed by atoms with van der Waals surface area (Å²) in [6.45, 7) is 0.881. The van der Waals surface area contributed by atoms with Gasteiger partial charge in [-0.2, -0.15) is 0 Å². The van der Waals surface area contributed by atoms with Crippen LogP contribution in [-0.4, -0.2) is 71.1 Å². The van der Waals surface area contributed by atoms with E-state index < -0.39 is 33.2 Å². The SMILES string of the molecule is O=C(Nc1ccc(N2CCS(=O)(=O)CC2)cc1)C(=O)c1c(-c2ccccc2)cc2ccccn12.O=C1Cc2cc(NC(=O)C(=O)c3c(-c4ccccc4)cc4ccccn34)ccc2N1. The molecule has 3 amide bonds. The van der Waals surface area contributed by atoms with E-state index in [4.69, 9.17) is 0 Å². The number of carbonyl (C=O) groups excluding carboxylic acids is 5. The fourth-order valence-electron chi connectivity index (χ4n) is 8.01. The summed E-state index contributed by atoms with van der Waals surface area (Å²) < 4.78 is 26.8. The third kappa shape index (κ3) is 8.54. The molecule has 14 heteroatoms. The Hall–Kier alpha value is -8.10. The summed E-state index contributed by atoms with van der Waals surface area (Å²) in [5, 5.41) is 8.12. The van der Waals surface area contributed by atoms with E-state index in [2.05, 4.69) is 16.0 Å². The van der Waals surface area contributed by atoms with Gasteiger partial charge < -0.3 is 29.7 Å². The van der Waals surface area contributed by atoms with Gasteiger partial charge in [0.2, 0.25) is 5.91 Å². The van der Waals surface area contributed by atoms with Crippen molar-refractivity contribution >= 4 is 72.9 Å². The Bertz CT molecular complexity index is 3220. The van der Waals surface area contributed by atoms with Gasteiger partial charge in [-0.1, -0.05) is 72.8 Å². The summed E-state index contributed by atoms with van der Waals surface area (Å²) in [6, 6.07) is 46.2. The van der Waals surface area contributed by atoms with Crippen molar-refractivity contribution in [1.82, 2.24) is 8.80 Å². The standard InChI is InChI=1S/C26H23N3O4S.C24H17N3O3/c30-25(24-23(19-6-2-1-3-7-19)18-22-8-4-5-13-29(22)24)26(31)27-20-9-11-21(12-10-20)28-14-16-34(32,33)17-15-28;28-21-13-16-12-17(9-10-20(16)26-21)25-24(30)23(29)22-19(15-6-2-1-3-7-15)14-18-8-4-5-11-27(18)22/h1-13,18H,14-17H2,(H,27,31);1-12,14H,13H2,(H,25,30)(H,26,28). The Morgan fingerprint density at radius 2 is 1.03 bits per heavy atom. The van der Waals surface area contributed by atoms with Crippen LogP contribution in [0.2, 0.25) is 0 Å². The number of anilines is 4. The van der Waals surface area contributed by atoms with Crippen LogP contribution in [0, 0.1) is 0 Å². The molecular weight excluding hydrogens is 829 g/mol. The molecule has 2 aliphatic rings. The number of benzene rings is 4. The molecule has 10 rings (SSSR count). The predicted octanol–water partition coefficient (Wildman–Crippen LogP) is 7.58. The average Bonchev–Trinajstić information content (AvgIpc) is 4.02. The van der Waals surface area contributed by atoms with Crippen LogP contribution in [0.1, 0.15) is 26.5 Å². The molecule has 8 aromatic rings. The monoisotopic (exact) mass is 868 g/mol. The van der Waals surface area contributed by atoms with Crippen LogP contribution >= 0.6 is 0 Å². The molecule has 0 unspecified atom stereocenters. The molecule has 4 aromatic carbocycles. The first-order chi connectivity index (χ1) is 31.0. The van der Waals surface area contributed by atoms with E-state index in [1.165, 1.54) is 0 Å². The number of rotatable bonds is 9. The lowest BCUT2D eigenvalue weighted by Gasteiger charge is -2.28. The summed E-state index contributed by atoms with van der Waals surface area (Å²) >= 11 is 0. The normalized spacial score (nSPS) is 13.9. The second-order valence-electron chi connectivity index (χ2n) is 15.4. The highest BCUT2D eigenvalue weighted by molar-refractivity contribution is 7.91. The van der Waals surface area contributed by atoms with E-state index in [0.29, 0.717) is 47.0 Å². The second-order valence-corrected chi connectivity index (χ2v) is 17.7. The molecule has 3 N–H and O–H groups in total. The van der Waals surface area contributed by atoms with E-state index in [-0.39, 0.29) is 23.8 Å².